The minimum Gasteiger partial charge on any atom is -0.390 e. The van der Waals surface area contributed by atoms with E-state index in [1.165, 1.54) is 11.3 Å². The van der Waals surface area contributed by atoms with Crippen molar-refractivity contribution >= 4 is 5.69 Å². The molecule has 4 rings (SSSR count). The van der Waals surface area contributed by atoms with E-state index in [2.05, 4.69) is 51.3 Å². The Hall–Kier alpha value is -1.22. The largest absolute Gasteiger partial charge is 0.390 e. The van der Waals surface area contributed by atoms with Crippen LogP contribution in [0.25, 0.3) is 0 Å². The summed E-state index contributed by atoms with van der Waals surface area (Å²) in [5.74, 6) is 0. The predicted molar refractivity (Wildman–Crippen MR) is 105 cm³/mol. The van der Waals surface area contributed by atoms with Crippen LogP contribution in [-0.4, -0.2) is 99.4 Å². The van der Waals surface area contributed by atoms with Gasteiger partial charge in [-0.15, -0.1) is 0 Å². The Morgan fingerprint density at radius 1 is 1.15 bits per heavy atom. The smallest absolute Gasteiger partial charge is 0.176 e. The predicted octanol–water partition coefficient (Wildman–Crippen LogP) is -0.0572. The van der Waals surface area contributed by atoms with E-state index in [1.807, 2.05) is 14.1 Å². The topological polar surface area (TPSA) is 60.4 Å². The fraction of sp³-hybridized carbons (Fsp3) is 0.700. The van der Waals surface area contributed by atoms with Crippen molar-refractivity contribution < 1.29 is 14.6 Å². The summed E-state index contributed by atoms with van der Waals surface area (Å²) in [5.41, 5.74) is 2.38. The molecule has 0 spiro atoms. The number of anilines is 1. The number of hydrogen-bond acceptors (Lipinski definition) is 7. The van der Waals surface area contributed by atoms with Gasteiger partial charge in [-0.05, 0) is 24.7 Å². The van der Waals surface area contributed by atoms with Crippen LogP contribution in [0.5, 0.6) is 0 Å². The van der Waals surface area contributed by atoms with Crippen molar-refractivity contribution in [2.75, 3.05) is 58.8 Å². The second kappa shape index (κ2) is 8.03. The molecular formula is C20H32N4O3. The third kappa shape index (κ3) is 3.99. The summed E-state index contributed by atoms with van der Waals surface area (Å²) >= 11 is 0. The van der Waals surface area contributed by atoms with Crippen LogP contribution in [-0.2, 0) is 16.0 Å². The van der Waals surface area contributed by atoms with Gasteiger partial charge in [0.1, 0.15) is 6.10 Å². The van der Waals surface area contributed by atoms with Gasteiger partial charge in [-0.2, -0.15) is 0 Å². The number of ether oxygens (including phenoxy) is 2. The summed E-state index contributed by atoms with van der Waals surface area (Å²) in [7, 11) is 6.22. The van der Waals surface area contributed by atoms with E-state index in [4.69, 9.17) is 9.47 Å². The van der Waals surface area contributed by atoms with Crippen LogP contribution in [0.15, 0.2) is 24.3 Å². The Bertz CT molecular complexity index is 618. The summed E-state index contributed by atoms with van der Waals surface area (Å²) < 4.78 is 12.0. The Labute approximate surface area is 161 Å². The van der Waals surface area contributed by atoms with Crippen LogP contribution in [0.4, 0.5) is 5.69 Å². The molecule has 0 saturated carbocycles. The molecule has 7 heteroatoms. The molecule has 1 aromatic carbocycles. The third-order valence-corrected chi connectivity index (χ3v) is 6.09. The molecule has 7 nitrogen and oxygen atoms in total. The van der Waals surface area contributed by atoms with Gasteiger partial charge in [0.15, 0.2) is 6.29 Å². The van der Waals surface area contributed by atoms with Crippen molar-refractivity contribution in [3.05, 3.63) is 29.8 Å². The van der Waals surface area contributed by atoms with Crippen LogP contribution in [0.2, 0.25) is 0 Å². The first-order chi connectivity index (χ1) is 13.0. The lowest BCUT2D eigenvalue weighted by atomic mass is 9.94. The van der Waals surface area contributed by atoms with E-state index in [0.717, 1.165) is 26.2 Å². The number of fused-ring (bicyclic) bond motifs is 2. The first kappa shape index (κ1) is 19.1. The van der Waals surface area contributed by atoms with Crippen LogP contribution >= 0.6 is 0 Å². The first-order valence-electron chi connectivity index (χ1n) is 9.90. The summed E-state index contributed by atoms with van der Waals surface area (Å²) in [6.45, 7) is 5.14. The van der Waals surface area contributed by atoms with Crippen molar-refractivity contribution in [1.29, 1.82) is 0 Å². The minimum absolute atomic E-state index is 0.0882. The fourth-order valence-electron chi connectivity index (χ4n) is 4.31. The van der Waals surface area contributed by atoms with Gasteiger partial charge in [-0.3, -0.25) is 4.90 Å². The first-order valence-corrected chi connectivity index (χ1v) is 9.90. The number of piperazine rings is 1. The summed E-state index contributed by atoms with van der Waals surface area (Å²) in [6, 6.07) is 8.27. The van der Waals surface area contributed by atoms with Crippen molar-refractivity contribution in [3.8, 4) is 0 Å². The normalized spacial score (nSPS) is 34.7. The van der Waals surface area contributed by atoms with E-state index < -0.39 is 6.10 Å². The third-order valence-electron chi connectivity index (χ3n) is 6.09. The highest BCUT2D eigenvalue weighted by Crippen LogP contribution is 2.32. The number of rotatable bonds is 5. The van der Waals surface area contributed by atoms with E-state index in [0.29, 0.717) is 13.2 Å². The Kier molecular flexibility index (Phi) is 5.68. The van der Waals surface area contributed by atoms with E-state index in [9.17, 15) is 5.11 Å². The Morgan fingerprint density at radius 3 is 2.52 bits per heavy atom. The van der Waals surface area contributed by atoms with Gasteiger partial charge in [0.2, 0.25) is 0 Å². The molecule has 0 amide bonds. The van der Waals surface area contributed by atoms with E-state index >= 15 is 0 Å². The average Bonchev–Trinajstić information content (AvgIpc) is 3.08. The number of benzene rings is 1. The molecule has 27 heavy (non-hydrogen) atoms. The quantitative estimate of drug-likeness (QED) is 0.747. The lowest BCUT2D eigenvalue weighted by Gasteiger charge is -2.46. The second-order valence-corrected chi connectivity index (χ2v) is 8.16. The molecule has 0 aromatic heterocycles. The van der Waals surface area contributed by atoms with Crippen molar-refractivity contribution in [3.63, 3.8) is 0 Å². The molecule has 150 valence electrons. The van der Waals surface area contributed by atoms with Crippen molar-refractivity contribution in [2.24, 2.45) is 0 Å². The van der Waals surface area contributed by atoms with Crippen molar-refractivity contribution in [2.45, 2.75) is 37.1 Å². The second-order valence-electron chi connectivity index (χ2n) is 8.16. The maximum atomic E-state index is 11.1. The zero-order chi connectivity index (χ0) is 19.0. The Morgan fingerprint density at radius 2 is 1.85 bits per heavy atom. The monoisotopic (exact) mass is 376 g/mol. The highest BCUT2D eigenvalue weighted by molar-refractivity contribution is 5.45. The molecule has 3 aliphatic rings. The maximum Gasteiger partial charge on any atom is 0.176 e. The summed E-state index contributed by atoms with van der Waals surface area (Å²) in [4.78, 5) is 6.74. The number of aliphatic hydroxyl groups excluding tert-OH is 1. The van der Waals surface area contributed by atoms with Gasteiger partial charge >= 0.3 is 0 Å². The van der Waals surface area contributed by atoms with Gasteiger partial charge in [-0.1, -0.05) is 12.1 Å². The van der Waals surface area contributed by atoms with Crippen LogP contribution in [0, 0.1) is 0 Å². The van der Waals surface area contributed by atoms with Gasteiger partial charge in [0, 0.05) is 52.5 Å². The van der Waals surface area contributed by atoms with Gasteiger partial charge in [0.05, 0.1) is 24.8 Å². The summed E-state index contributed by atoms with van der Waals surface area (Å²) in [5, 5.41) is 14.7. The van der Waals surface area contributed by atoms with Crippen LogP contribution in [0.1, 0.15) is 5.56 Å². The molecular weight excluding hydrogens is 344 g/mol. The Balaban J connectivity index is 1.41. The lowest BCUT2D eigenvalue weighted by Crippen LogP contribution is -2.66. The van der Waals surface area contributed by atoms with E-state index in [1.54, 1.807) is 0 Å². The zero-order valence-electron chi connectivity index (χ0n) is 16.5. The molecule has 5 atom stereocenters. The molecule has 0 radical (unpaired) electrons. The van der Waals surface area contributed by atoms with Gasteiger partial charge in [0.25, 0.3) is 0 Å². The lowest BCUT2D eigenvalue weighted by molar-refractivity contribution is -0.186. The standard InChI is InChI=1S/C20H32N4O3/c1-22(2)15-6-4-14(5-7-15)12-21-17-16-13-26-20(27-16)18(19(17)25)24-10-8-23(3)9-11-24/h4-7,16-21,25H,8-13H2,1-3H3/t16-,17-,18-,19+,20-/m1/s1. The fourth-order valence-corrected chi connectivity index (χ4v) is 4.31. The van der Waals surface area contributed by atoms with Crippen molar-refractivity contribution in [1.82, 2.24) is 15.1 Å². The molecule has 1 aromatic rings. The highest BCUT2D eigenvalue weighted by atomic mass is 16.7. The number of likely N-dealkylation sites (N-methyl/N-ethyl adjacent to an activating group) is 1. The molecule has 3 aliphatic heterocycles. The zero-order valence-corrected chi connectivity index (χ0v) is 16.5. The molecule has 0 unspecified atom stereocenters. The molecule has 2 N–H and O–H groups in total. The van der Waals surface area contributed by atoms with E-state index in [-0.39, 0.29) is 24.5 Å². The molecule has 3 fully saturated rings. The summed E-state index contributed by atoms with van der Waals surface area (Å²) in [6.07, 6.45) is -0.902. The van der Waals surface area contributed by atoms with Gasteiger partial charge in [-0.25, -0.2) is 0 Å². The number of aliphatic hydroxyl groups is 1. The molecule has 3 saturated heterocycles. The maximum absolute atomic E-state index is 11.1. The number of nitrogens with zero attached hydrogens (tertiary/aromatic N) is 3. The van der Waals surface area contributed by atoms with Gasteiger partial charge < -0.3 is 29.7 Å². The molecule has 2 bridgehead atoms. The number of nitrogens with one attached hydrogen (secondary N) is 1. The molecule has 3 heterocycles. The van der Waals surface area contributed by atoms with Crippen LogP contribution < -0.4 is 10.2 Å². The molecule has 0 aliphatic carbocycles. The van der Waals surface area contributed by atoms with Crippen LogP contribution in [0.3, 0.4) is 0 Å². The average molecular weight is 377 g/mol. The number of hydrogen-bond donors (Lipinski definition) is 2. The highest BCUT2D eigenvalue weighted by Gasteiger charge is 2.52. The SMILES string of the molecule is CN1CCN([C@H]2[C@@H]3OC[C@@H](O3)[C@@H](NCc3ccc(N(C)C)cc3)[C@@H]2O)CC1. The minimum atomic E-state index is -0.499.